The average Bonchev–Trinajstić information content (AvgIpc) is 3.15. The molecule has 1 N–H and O–H groups in total. The van der Waals surface area contributed by atoms with E-state index in [1.54, 1.807) is 34.8 Å². The molecule has 25 heavy (non-hydrogen) atoms. The number of thiophene rings is 1. The predicted octanol–water partition coefficient (Wildman–Crippen LogP) is 2.06. The molecular weight excluding hydrogens is 360 g/mol. The smallest absolute Gasteiger partial charge is 0.246 e. The zero-order chi connectivity index (χ0) is 18.2. The molecule has 1 amide bonds. The zero-order valence-corrected chi connectivity index (χ0v) is 16.2. The van der Waals surface area contributed by atoms with Gasteiger partial charge in [0, 0.05) is 28.9 Å². The van der Waals surface area contributed by atoms with Crippen molar-refractivity contribution in [2.75, 3.05) is 11.4 Å². The van der Waals surface area contributed by atoms with Gasteiger partial charge in [0.2, 0.25) is 15.9 Å². The normalized spacial score (nSPS) is 18.8. The third-order valence-electron chi connectivity index (χ3n) is 4.29. The van der Waals surface area contributed by atoms with Crippen molar-refractivity contribution in [3.05, 3.63) is 28.1 Å². The summed E-state index contributed by atoms with van der Waals surface area (Å²) in [5, 5.41) is 4.19. The molecule has 1 atom stereocenters. The van der Waals surface area contributed by atoms with Gasteiger partial charge >= 0.3 is 0 Å². The molecule has 1 aliphatic rings. The highest BCUT2D eigenvalue weighted by atomic mass is 32.2. The van der Waals surface area contributed by atoms with Gasteiger partial charge in [0.25, 0.3) is 0 Å². The van der Waals surface area contributed by atoms with Crippen LogP contribution < -0.4 is 9.62 Å². The van der Waals surface area contributed by atoms with Gasteiger partial charge in [0.1, 0.15) is 11.9 Å². The van der Waals surface area contributed by atoms with Crippen LogP contribution in [0.2, 0.25) is 0 Å². The van der Waals surface area contributed by atoms with Crippen molar-refractivity contribution in [3.63, 3.8) is 0 Å². The molecule has 1 saturated heterocycles. The van der Waals surface area contributed by atoms with Crippen molar-refractivity contribution in [1.82, 2.24) is 14.5 Å². The molecule has 2 aromatic rings. The van der Waals surface area contributed by atoms with Gasteiger partial charge in [0.05, 0.1) is 11.1 Å². The van der Waals surface area contributed by atoms with Crippen LogP contribution in [0.3, 0.4) is 0 Å². The highest BCUT2D eigenvalue weighted by molar-refractivity contribution is 7.89. The van der Waals surface area contributed by atoms with Crippen LogP contribution in [-0.2, 0) is 21.4 Å². The van der Waals surface area contributed by atoms with Gasteiger partial charge in [-0.15, -0.1) is 11.3 Å². The summed E-state index contributed by atoms with van der Waals surface area (Å²) >= 11 is 1.44. The molecule has 1 aliphatic heterocycles. The fraction of sp³-hybridized carbons (Fsp3) is 0.500. The van der Waals surface area contributed by atoms with Gasteiger partial charge < -0.3 is 0 Å². The lowest BCUT2D eigenvalue weighted by molar-refractivity contribution is -0.121. The van der Waals surface area contributed by atoms with Gasteiger partial charge in [-0.3, -0.25) is 9.69 Å². The van der Waals surface area contributed by atoms with Gasteiger partial charge in [-0.05, 0) is 39.7 Å². The van der Waals surface area contributed by atoms with E-state index in [9.17, 15) is 13.2 Å². The second-order valence-corrected chi connectivity index (χ2v) is 9.23. The highest BCUT2D eigenvalue weighted by Gasteiger charge is 2.34. The molecule has 0 aromatic carbocycles. The minimum atomic E-state index is -3.72. The SMILES string of the molecule is CCn1nccc1N1CCC[C@H](NS(=O)(=O)c2cc(C)sc2C)C1=O. The first kappa shape index (κ1) is 18.1. The van der Waals surface area contributed by atoms with Gasteiger partial charge in [-0.2, -0.15) is 9.82 Å². The van der Waals surface area contributed by atoms with Gasteiger partial charge in [-0.25, -0.2) is 13.1 Å². The molecule has 0 spiro atoms. The first-order valence-electron chi connectivity index (χ1n) is 8.26. The second-order valence-electron chi connectivity index (χ2n) is 6.09. The van der Waals surface area contributed by atoms with E-state index in [2.05, 4.69) is 9.82 Å². The number of hydrogen-bond acceptors (Lipinski definition) is 5. The van der Waals surface area contributed by atoms with Crippen molar-refractivity contribution in [2.24, 2.45) is 0 Å². The molecule has 0 bridgehead atoms. The second kappa shape index (κ2) is 6.89. The van der Waals surface area contributed by atoms with E-state index in [0.717, 1.165) is 16.2 Å². The maximum absolute atomic E-state index is 12.9. The van der Waals surface area contributed by atoms with Crippen LogP contribution in [0.25, 0.3) is 0 Å². The van der Waals surface area contributed by atoms with E-state index in [1.807, 2.05) is 13.8 Å². The quantitative estimate of drug-likeness (QED) is 0.858. The van der Waals surface area contributed by atoms with E-state index >= 15 is 0 Å². The van der Waals surface area contributed by atoms with Gasteiger partial charge in [-0.1, -0.05) is 0 Å². The number of aromatic nitrogens is 2. The minimum absolute atomic E-state index is 0.227. The molecule has 3 heterocycles. The van der Waals surface area contributed by atoms with Crippen LogP contribution in [0, 0.1) is 13.8 Å². The molecule has 0 unspecified atom stereocenters. The molecule has 0 aliphatic carbocycles. The number of piperidine rings is 1. The Kier molecular flexibility index (Phi) is 4.99. The van der Waals surface area contributed by atoms with Crippen molar-refractivity contribution < 1.29 is 13.2 Å². The van der Waals surface area contributed by atoms with Crippen molar-refractivity contribution in [3.8, 4) is 0 Å². The Morgan fingerprint density at radius 1 is 1.40 bits per heavy atom. The largest absolute Gasteiger partial charge is 0.296 e. The molecule has 1 fully saturated rings. The van der Waals surface area contributed by atoms with E-state index in [0.29, 0.717) is 25.3 Å². The van der Waals surface area contributed by atoms with Crippen LogP contribution in [-0.4, -0.2) is 36.7 Å². The van der Waals surface area contributed by atoms with E-state index < -0.39 is 16.1 Å². The summed E-state index contributed by atoms with van der Waals surface area (Å²) in [5.41, 5.74) is 0. The number of carbonyl (C=O) groups is 1. The monoisotopic (exact) mass is 382 g/mol. The summed E-state index contributed by atoms with van der Waals surface area (Å²) in [5.74, 6) is 0.480. The van der Waals surface area contributed by atoms with Gasteiger partial charge in [0.15, 0.2) is 0 Å². The molecule has 2 aromatic heterocycles. The average molecular weight is 383 g/mol. The van der Waals surface area contributed by atoms with Crippen molar-refractivity contribution in [2.45, 2.75) is 51.1 Å². The Balaban J connectivity index is 1.83. The van der Waals surface area contributed by atoms with E-state index in [1.165, 1.54) is 11.3 Å². The standard InChI is InChI=1S/C16H22N4O3S2/c1-4-20-15(7-8-17-20)19-9-5-6-13(16(19)21)18-25(22,23)14-10-11(2)24-12(14)3/h7-8,10,13,18H,4-6,9H2,1-3H3/t13-/m0/s1. The molecule has 3 rings (SSSR count). The number of nitrogens with one attached hydrogen (secondary N) is 1. The summed E-state index contributed by atoms with van der Waals surface area (Å²) in [6.07, 6.45) is 2.88. The fourth-order valence-corrected chi connectivity index (χ4v) is 5.91. The first-order valence-corrected chi connectivity index (χ1v) is 10.6. The Hall–Kier alpha value is -1.71. The topological polar surface area (TPSA) is 84.3 Å². The number of anilines is 1. The molecule has 9 heteroatoms. The third-order valence-corrected chi connectivity index (χ3v) is 6.98. The molecule has 0 radical (unpaired) electrons. The van der Waals surface area contributed by atoms with Crippen LogP contribution in [0.1, 0.15) is 29.5 Å². The number of carbonyl (C=O) groups excluding carboxylic acids is 1. The number of amides is 1. The number of nitrogens with zero attached hydrogens (tertiary/aromatic N) is 3. The maximum Gasteiger partial charge on any atom is 0.246 e. The van der Waals surface area contributed by atoms with E-state index in [-0.39, 0.29) is 10.8 Å². The lowest BCUT2D eigenvalue weighted by atomic mass is 10.1. The van der Waals surface area contributed by atoms with E-state index in [4.69, 9.17) is 0 Å². The maximum atomic E-state index is 12.9. The summed E-state index contributed by atoms with van der Waals surface area (Å²) < 4.78 is 29.7. The van der Waals surface area contributed by atoms with Crippen LogP contribution >= 0.6 is 11.3 Å². The summed E-state index contributed by atoms with van der Waals surface area (Å²) in [7, 11) is -3.72. The number of aryl methyl sites for hydroxylation is 3. The van der Waals surface area contributed by atoms with Crippen LogP contribution in [0.5, 0.6) is 0 Å². The number of rotatable bonds is 5. The van der Waals surface area contributed by atoms with Crippen molar-refractivity contribution >= 4 is 33.1 Å². The lowest BCUT2D eigenvalue weighted by Crippen LogP contribution is -2.52. The Labute approximate surface area is 151 Å². The summed E-state index contributed by atoms with van der Waals surface area (Å²) in [6, 6.07) is 2.68. The fourth-order valence-electron chi connectivity index (χ4n) is 3.14. The lowest BCUT2D eigenvalue weighted by Gasteiger charge is -2.32. The molecule has 7 nitrogen and oxygen atoms in total. The predicted molar refractivity (Wildman–Crippen MR) is 97.4 cm³/mol. The third kappa shape index (κ3) is 3.49. The zero-order valence-electron chi connectivity index (χ0n) is 14.5. The summed E-state index contributed by atoms with van der Waals surface area (Å²) in [4.78, 5) is 16.4. The summed E-state index contributed by atoms with van der Waals surface area (Å²) in [6.45, 7) is 6.82. The number of sulfonamides is 1. The highest BCUT2D eigenvalue weighted by Crippen LogP contribution is 2.26. The first-order chi connectivity index (χ1) is 11.8. The Morgan fingerprint density at radius 2 is 2.16 bits per heavy atom. The molecule has 136 valence electrons. The molecule has 0 saturated carbocycles. The Bertz CT molecular complexity index is 885. The van der Waals surface area contributed by atoms with Crippen LogP contribution in [0.15, 0.2) is 23.2 Å². The van der Waals surface area contributed by atoms with Crippen LogP contribution in [0.4, 0.5) is 5.82 Å². The Morgan fingerprint density at radius 3 is 2.80 bits per heavy atom. The minimum Gasteiger partial charge on any atom is -0.296 e. The number of hydrogen-bond donors (Lipinski definition) is 1. The van der Waals surface area contributed by atoms with Crippen molar-refractivity contribution in [1.29, 1.82) is 0 Å². The molecular formula is C16H22N4O3S2.